The van der Waals surface area contributed by atoms with E-state index in [1.54, 1.807) is 4.90 Å². The van der Waals surface area contributed by atoms with Crippen LogP contribution in [-0.4, -0.2) is 47.5 Å². The van der Waals surface area contributed by atoms with Gasteiger partial charge in [-0.05, 0) is 50.5 Å². The van der Waals surface area contributed by atoms with Gasteiger partial charge in [-0.3, -0.25) is 9.59 Å². The molecule has 0 fully saturated rings. The molecule has 3 aromatic carbocycles. The number of rotatable bonds is 9. The number of aromatic amines is 1. The highest BCUT2D eigenvalue weighted by Crippen LogP contribution is 2.45. The molecule has 37 heavy (non-hydrogen) atoms. The van der Waals surface area contributed by atoms with E-state index in [1.807, 2.05) is 50.2 Å². The Kier molecular flexibility index (Phi) is 7.10. The van der Waals surface area contributed by atoms with Gasteiger partial charge in [0.25, 0.3) is 5.91 Å². The highest BCUT2D eigenvalue weighted by Gasteiger charge is 2.40. The van der Waals surface area contributed by atoms with Gasteiger partial charge in [0.1, 0.15) is 6.54 Å². The zero-order valence-corrected chi connectivity index (χ0v) is 21.6. The Bertz CT molecular complexity index is 1420. The van der Waals surface area contributed by atoms with Crippen molar-refractivity contribution in [1.29, 1.82) is 0 Å². The van der Waals surface area contributed by atoms with Gasteiger partial charge in [0.15, 0.2) is 0 Å². The minimum Gasteiger partial charge on any atom is -0.379 e. The smallest absolute Gasteiger partial charge is 0.255 e. The van der Waals surface area contributed by atoms with Crippen LogP contribution in [0.2, 0.25) is 0 Å². The molecule has 1 aliphatic heterocycles. The van der Waals surface area contributed by atoms with Gasteiger partial charge < -0.3 is 19.9 Å². The van der Waals surface area contributed by atoms with E-state index < -0.39 is 0 Å². The van der Waals surface area contributed by atoms with Gasteiger partial charge in [0, 0.05) is 35.2 Å². The van der Waals surface area contributed by atoms with Crippen LogP contribution in [-0.2, 0) is 9.53 Å². The first-order valence-electron chi connectivity index (χ1n) is 12.9. The van der Waals surface area contributed by atoms with Crippen molar-refractivity contribution < 1.29 is 14.3 Å². The molecule has 0 bridgehead atoms. The highest BCUT2D eigenvalue weighted by atomic mass is 16.5. The minimum atomic E-state index is -0.383. The van der Waals surface area contributed by atoms with Crippen LogP contribution in [0, 0.1) is 6.92 Å². The molecule has 0 radical (unpaired) electrons. The van der Waals surface area contributed by atoms with E-state index in [0.29, 0.717) is 18.7 Å². The number of nitrogens with zero attached hydrogens (tertiary/aromatic N) is 1. The fraction of sp³-hybridized carbons (Fsp3) is 0.290. The van der Waals surface area contributed by atoms with Crippen LogP contribution >= 0.6 is 0 Å². The Hall–Kier alpha value is -3.90. The molecule has 6 heteroatoms. The Morgan fingerprint density at radius 3 is 2.54 bits per heavy atom. The van der Waals surface area contributed by atoms with Crippen molar-refractivity contribution in [1.82, 2.24) is 15.2 Å². The quantitative estimate of drug-likeness (QED) is 0.296. The highest BCUT2D eigenvalue weighted by molar-refractivity contribution is 6.03. The Labute approximate surface area is 217 Å². The molecule has 0 saturated heterocycles. The van der Waals surface area contributed by atoms with E-state index in [9.17, 15) is 9.59 Å². The molecule has 0 spiro atoms. The SMILES string of the molecule is Cc1ccc(-c2[nH]c3ccccc3c2C2c3ccccc3C(=O)N2CC(=O)NCCCOC(C)C)cc1. The number of para-hydroxylation sites is 1. The third-order valence-electron chi connectivity index (χ3n) is 6.83. The second-order valence-corrected chi connectivity index (χ2v) is 9.87. The van der Waals surface area contributed by atoms with Gasteiger partial charge in [-0.2, -0.15) is 0 Å². The lowest BCUT2D eigenvalue weighted by molar-refractivity contribution is -0.122. The van der Waals surface area contributed by atoms with Crippen LogP contribution in [0.4, 0.5) is 0 Å². The number of nitrogens with one attached hydrogen (secondary N) is 2. The van der Waals surface area contributed by atoms with Crippen molar-refractivity contribution >= 4 is 22.7 Å². The maximum atomic E-state index is 13.6. The number of ether oxygens (including phenoxy) is 1. The number of H-pyrrole nitrogens is 1. The number of hydrogen-bond acceptors (Lipinski definition) is 3. The molecule has 0 aliphatic carbocycles. The lowest BCUT2D eigenvalue weighted by Crippen LogP contribution is -2.40. The monoisotopic (exact) mass is 495 g/mol. The van der Waals surface area contributed by atoms with Crippen LogP contribution in [0.1, 0.15) is 53.4 Å². The molecule has 6 nitrogen and oxygen atoms in total. The molecule has 2 heterocycles. The topological polar surface area (TPSA) is 74.4 Å². The van der Waals surface area contributed by atoms with Crippen LogP contribution in [0.25, 0.3) is 22.2 Å². The second-order valence-electron chi connectivity index (χ2n) is 9.87. The van der Waals surface area contributed by atoms with Crippen LogP contribution in [0.15, 0.2) is 72.8 Å². The zero-order valence-electron chi connectivity index (χ0n) is 21.6. The summed E-state index contributed by atoms with van der Waals surface area (Å²) >= 11 is 0. The van der Waals surface area contributed by atoms with E-state index in [0.717, 1.165) is 39.7 Å². The largest absolute Gasteiger partial charge is 0.379 e. The summed E-state index contributed by atoms with van der Waals surface area (Å²) in [6.45, 7) is 7.12. The summed E-state index contributed by atoms with van der Waals surface area (Å²) in [7, 11) is 0. The molecule has 1 aliphatic rings. The molecule has 2 N–H and O–H groups in total. The van der Waals surface area contributed by atoms with E-state index in [1.165, 1.54) is 5.56 Å². The molecule has 1 unspecified atom stereocenters. The number of fused-ring (bicyclic) bond motifs is 2. The lowest BCUT2D eigenvalue weighted by atomic mass is 9.93. The van der Waals surface area contributed by atoms with Gasteiger partial charge in [0.2, 0.25) is 5.91 Å². The summed E-state index contributed by atoms with van der Waals surface area (Å²) in [5, 5.41) is 4.01. The van der Waals surface area contributed by atoms with Gasteiger partial charge in [-0.15, -0.1) is 0 Å². The maximum absolute atomic E-state index is 13.6. The van der Waals surface area contributed by atoms with E-state index in [-0.39, 0.29) is 30.5 Å². The fourth-order valence-corrected chi connectivity index (χ4v) is 5.07. The number of aromatic nitrogens is 1. The Balaban J connectivity index is 1.52. The molecule has 0 saturated carbocycles. The number of aryl methyl sites for hydroxylation is 1. The molecule has 5 rings (SSSR count). The first-order chi connectivity index (χ1) is 17.9. The number of carbonyl (C=O) groups excluding carboxylic acids is 2. The van der Waals surface area contributed by atoms with E-state index in [4.69, 9.17) is 4.74 Å². The standard InChI is InChI=1S/C31H33N3O3/c1-20(2)37-18-8-17-32-27(35)19-34-30(23-9-4-5-10-24(23)31(34)36)28-25-11-6-7-12-26(25)33-29(28)22-15-13-21(3)14-16-22/h4-7,9-16,20,30,33H,8,17-19H2,1-3H3,(H,32,35). The van der Waals surface area contributed by atoms with E-state index in [2.05, 4.69) is 53.6 Å². The summed E-state index contributed by atoms with van der Waals surface area (Å²) in [5.74, 6) is -0.300. The molecule has 190 valence electrons. The summed E-state index contributed by atoms with van der Waals surface area (Å²) in [5.41, 5.74) is 6.76. The molecule has 1 atom stereocenters. The number of hydrogen-bond donors (Lipinski definition) is 2. The average molecular weight is 496 g/mol. The van der Waals surface area contributed by atoms with Crippen molar-refractivity contribution in [2.75, 3.05) is 19.7 Å². The van der Waals surface area contributed by atoms with Crippen molar-refractivity contribution in [3.05, 3.63) is 95.1 Å². The third kappa shape index (κ3) is 5.02. The second kappa shape index (κ2) is 10.6. The molecular weight excluding hydrogens is 462 g/mol. The molecule has 2 amide bonds. The zero-order chi connectivity index (χ0) is 25.9. The Morgan fingerprint density at radius 1 is 1.03 bits per heavy atom. The first kappa shape index (κ1) is 24.8. The maximum Gasteiger partial charge on any atom is 0.255 e. The predicted molar refractivity (Wildman–Crippen MR) is 147 cm³/mol. The van der Waals surface area contributed by atoms with Crippen molar-refractivity contribution in [3.8, 4) is 11.3 Å². The van der Waals surface area contributed by atoms with Gasteiger partial charge in [-0.25, -0.2) is 0 Å². The van der Waals surface area contributed by atoms with Gasteiger partial charge in [0.05, 0.1) is 17.8 Å². The first-order valence-corrected chi connectivity index (χ1v) is 12.9. The van der Waals surface area contributed by atoms with E-state index >= 15 is 0 Å². The van der Waals surface area contributed by atoms with Gasteiger partial charge in [-0.1, -0.05) is 66.2 Å². The van der Waals surface area contributed by atoms with Crippen LogP contribution < -0.4 is 5.32 Å². The summed E-state index contributed by atoms with van der Waals surface area (Å²) in [4.78, 5) is 32.0. The van der Waals surface area contributed by atoms with Crippen molar-refractivity contribution in [2.24, 2.45) is 0 Å². The number of benzene rings is 3. The van der Waals surface area contributed by atoms with Crippen molar-refractivity contribution in [3.63, 3.8) is 0 Å². The summed E-state index contributed by atoms with van der Waals surface area (Å²) in [6, 6.07) is 23.8. The van der Waals surface area contributed by atoms with Gasteiger partial charge >= 0.3 is 0 Å². The summed E-state index contributed by atoms with van der Waals surface area (Å²) < 4.78 is 5.57. The van der Waals surface area contributed by atoms with Crippen LogP contribution in [0.5, 0.6) is 0 Å². The van der Waals surface area contributed by atoms with Crippen LogP contribution in [0.3, 0.4) is 0 Å². The minimum absolute atomic E-state index is 0.0178. The summed E-state index contributed by atoms with van der Waals surface area (Å²) in [6.07, 6.45) is 0.887. The molecule has 1 aromatic heterocycles. The third-order valence-corrected chi connectivity index (χ3v) is 6.83. The number of amides is 2. The predicted octanol–water partition coefficient (Wildman–Crippen LogP) is 5.62. The van der Waals surface area contributed by atoms with Crippen molar-refractivity contribution in [2.45, 2.75) is 39.3 Å². The number of carbonyl (C=O) groups is 2. The molecule has 4 aromatic rings. The lowest BCUT2D eigenvalue weighted by Gasteiger charge is -2.26. The molecular formula is C31H33N3O3. The average Bonchev–Trinajstić information content (AvgIpc) is 3.39. The Morgan fingerprint density at radius 2 is 1.76 bits per heavy atom. The normalized spacial score (nSPS) is 15.0. The fourth-order valence-electron chi connectivity index (χ4n) is 5.07.